The third kappa shape index (κ3) is 5.84. The highest BCUT2D eigenvalue weighted by Crippen LogP contribution is 2.16. The molecule has 0 aliphatic heterocycles. The average Bonchev–Trinajstić information content (AvgIpc) is 2.58. The second kappa shape index (κ2) is 9.14. The molecule has 0 heterocycles. The molecule has 0 fully saturated rings. The number of nitrogens with one attached hydrogen (secondary N) is 1. The Morgan fingerprint density at radius 1 is 1.12 bits per heavy atom. The largest absolute Gasteiger partial charge is 0.454 e. The zero-order valence-electron chi connectivity index (χ0n) is 14.0. The van der Waals surface area contributed by atoms with Gasteiger partial charge in [-0.15, -0.1) is 0 Å². The third-order valence-electron chi connectivity index (χ3n) is 3.23. The van der Waals surface area contributed by atoms with Crippen molar-refractivity contribution in [3.05, 3.63) is 29.8 Å². The highest BCUT2D eigenvalue weighted by molar-refractivity contribution is 7.89. The summed E-state index contributed by atoms with van der Waals surface area (Å²) in [6.07, 6.45) is 0. The van der Waals surface area contributed by atoms with Crippen molar-refractivity contribution >= 4 is 27.8 Å². The molecule has 0 unspecified atom stereocenters. The Kier molecular flexibility index (Phi) is 7.52. The van der Waals surface area contributed by atoms with Gasteiger partial charge < -0.3 is 15.8 Å². The molecule has 0 radical (unpaired) electrons. The van der Waals surface area contributed by atoms with Crippen LogP contribution in [0.2, 0.25) is 0 Å². The van der Waals surface area contributed by atoms with Crippen molar-refractivity contribution in [2.24, 2.45) is 5.73 Å². The van der Waals surface area contributed by atoms with Crippen LogP contribution in [0.3, 0.4) is 0 Å². The van der Waals surface area contributed by atoms with E-state index < -0.39 is 41.0 Å². The standard InChI is InChI=1S/C15H21N3O6S/c1-3-18(4-2)25(22,23)12-7-5-11(6-8-12)15(21)17-9-14(20)24-10-13(16)19/h5-8H,3-4,9-10H2,1-2H3,(H2,16,19)(H,17,21). The lowest BCUT2D eigenvalue weighted by Gasteiger charge is -2.18. The minimum atomic E-state index is -3.60. The first kappa shape index (κ1) is 20.6. The smallest absolute Gasteiger partial charge is 0.325 e. The van der Waals surface area contributed by atoms with Crippen LogP contribution in [0, 0.1) is 0 Å². The van der Waals surface area contributed by atoms with Crippen LogP contribution in [0.1, 0.15) is 24.2 Å². The third-order valence-corrected chi connectivity index (χ3v) is 5.29. The lowest BCUT2D eigenvalue weighted by molar-refractivity contribution is -0.146. The van der Waals surface area contributed by atoms with Gasteiger partial charge >= 0.3 is 5.97 Å². The van der Waals surface area contributed by atoms with E-state index in [1.54, 1.807) is 13.8 Å². The summed E-state index contributed by atoms with van der Waals surface area (Å²) in [7, 11) is -3.60. The number of carbonyl (C=O) groups excluding carboxylic acids is 3. The maximum atomic E-state index is 12.3. The fourth-order valence-electron chi connectivity index (χ4n) is 1.95. The van der Waals surface area contributed by atoms with E-state index in [0.717, 1.165) is 0 Å². The molecule has 0 aliphatic rings. The molecule has 2 amide bonds. The number of primary amides is 1. The highest BCUT2D eigenvalue weighted by Gasteiger charge is 2.21. The molecular weight excluding hydrogens is 350 g/mol. The van der Waals surface area contributed by atoms with Crippen molar-refractivity contribution in [2.75, 3.05) is 26.2 Å². The Hall–Kier alpha value is -2.46. The second-order valence-corrected chi connectivity index (χ2v) is 6.86. The van der Waals surface area contributed by atoms with Gasteiger partial charge in [-0.05, 0) is 24.3 Å². The molecule has 138 valence electrons. The van der Waals surface area contributed by atoms with Crippen molar-refractivity contribution in [3.63, 3.8) is 0 Å². The molecule has 1 aromatic carbocycles. The molecule has 0 saturated carbocycles. The Labute approximate surface area is 146 Å². The molecule has 0 atom stereocenters. The zero-order valence-corrected chi connectivity index (χ0v) is 14.8. The van der Waals surface area contributed by atoms with Gasteiger partial charge in [-0.3, -0.25) is 14.4 Å². The summed E-state index contributed by atoms with van der Waals surface area (Å²) in [5, 5.41) is 2.30. The number of carbonyl (C=O) groups is 3. The lowest BCUT2D eigenvalue weighted by atomic mass is 10.2. The zero-order chi connectivity index (χ0) is 19.0. The fraction of sp³-hybridized carbons (Fsp3) is 0.400. The molecule has 3 N–H and O–H groups in total. The first-order chi connectivity index (χ1) is 11.7. The van der Waals surface area contributed by atoms with Gasteiger partial charge in [0.1, 0.15) is 6.54 Å². The summed E-state index contributed by atoms with van der Waals surface area (Å²) in [5.41, 5.74) is 5.00. The van der Waals surface area contributed by atoms with E-state index in [1.165, 1.54) is 28.6 Å². The van der Waals surface area contributed by atoms with Gasteiger partial charge in [-0.1, -0.05) is 13.8 Å². The Bertz CT molecular complexity index is 726. The van der Waals surface area contributed by atoms with E-state index in [0.29, 0.717) is 13.1 Å². The molecule has 0 aromatic heterocycles. The number of hydrogen-bond acceptors (Lipinski definition) is 6. The monoisotopic (exact) mass is 371 g/mol. The van der Waals surface area contributed by atoms with Gasteiger partial charge in [0.05, 0.1) is 4.90 Å². The number of esters is 1. The van der Waals surface area contributed by atoms with Crippen LogP contribution >= 0.6 is 0 Å². The van der Waals surface area contributed by atoms with Gasteiger partial charge in [0.25, 0.3) is 11.8 Å². The molecule has 0 saturated heterocycles. The van der Waals surface area contributed by atoms with Crippen LogP contribution < -0.4 is 11.1 Å². The maximum absolute atomic E-state index is 12.3. The first-order valence-corrected chi connectivity index (χ1v) is 8.98. The van der Waals surface area contributed by atoms with Crippen LogP contribution in [0.5, 0.6) is 0 Å². The molecular formula is C15H21N3O6S. The Morgan fingerprint density at radius 2 is 1.68 bits per heavy atom. The minimum Gasteiger partial charge on any atom is -0.454 e. The van der Waals surface area contributed by atoms with Gasteiger partial charge in [0, 0.05) is 18.7 Å². The van der Waals surface area contributed by atoms with Gasteiger partial charge in [-0.2, -0.15) is 4.31 Å². The van der Waals surface area contributed by atoms with Gasteiger partial charge in [0.15, 0.2) is 6.61 Å². The molecule has 0 bridgehead atoms. The number of rotatable bonds is 9. The van der Waals surface area contributed by atoms with Crippen LogP contribution in [0.25, 0.3) is 0 Å². The Morgan fingerprint density at radius 3 is 2.16 bits per heavy atom. The van der Waals surface area contributed by atoms with E-state index in [4.69, 9.17) is 5.73 Å². The van der Waals surface area contributed by atoms with Crippen molar-refractivity contribution in [1.82, 2.24) is 9.62 Å². The number of sulfonamides is 1. The van der Waals surface area contributed by atoms with Crippen molar-refractivity contribution in [3.8, 4) is 0 Å². The van der Waals surface area contributed by atoms with Crippen LogP contribution in [-0.2, 0) is 24.3 Å². The molecule has 0 aliphatic carbocycles. The van der Waals surface area contributed by atoms with Gasteiger partial charge in [0.2, 0.25) is 10.0 Å². The molecule has 10 heteroatoms. The van der Waals surface area contributed by atoms with E-state index in [9.17, 15) is 22.8 Å². The van der Waals surface area contributed by atoms with Crippen molar-refractivity contribution in [1.29, 1.82) is 0 Å². The lowest BCUT2D eigenvalue weighted by Crippen LogP contribution is -2.32. The molecule has 25 heavy (non-hydrogen) atoms. The van der Waals surface area contributed by atoms with Gasteiger partial charge in [-0.25, -0.2) is 8.42 Å². The topological polar surface area (TPSA) is 136 Å². The highest BCUT2D eigenvalue weighted by atomic mass is 32.2. The fourth-order valence-corrected chi connectivity index (χ4v) is 3.41. The SMILES string of the molecule is CCN(CC)S(=O)(=O)c1ccc(C(=O)NCC(=O)OCC(N)=O)cc1. The van der Waals surface area contributed by atoms with E-state index in [2.05, 4.69) is 10.1 Å². The number of hydrogen-bond donors (Lipinski definition) is 2. The average molecular weight is 371 g/mol. The number of nitrogens with two attached hydrogens (primary N) is 1. The molecule has 1 aromatic rings. The summed E-state index contributed by atoms with van der Waals surface area (Å²) in [6.45, 7) is 3.15. The minimum absolute atomic E-state index is 0.0774. The van der Waals surface area contributed by atoms with Crippen LogP contribution in [0.15, 0.2) is 29.2 Å². The van der Waals surface area contributed by atoms with Crippen LogP contribution in [-0.4, -0.2) is 56.7 Å². The summed E-state index contributed by atoms with van der Waals surface area (Å²) >= 11 is 0. The molecule has 0 spiro atoms. The maximum Gasteiger partial charge on any atom is 0.325 e. The van der Waals surface area contributed by atoms with Crippen molar-refractivity contribution in [2.45, 2.75) is 18.7 Å². The number of ether oxygens (including phenoxy) is 1. The summed E-state index contributed by atoms with van der Waals surface area (Å²) < 4.78 is 30.5. The first-order valence-electron chi connectivity index (χ1n) is 7.54. The quantitative estimate of drug-likeness (QED) is 0.560. The molecule has 9 nitrogen and oxygen atoms in total. The second-order valence-electron chi connectivity index (χ2n) is 4.92. The van der Waals surface area contributed by atoms with E-state index >= 15 is 0 Å². The van der Waals surface area contributed by atoms with Crippen molar-refractivity contribution < 1.29 is 27.5 Å². The summed E-state index contributed by atoms with van der Waals surface area (Å²) in [6, 6.07) is 5.35. The summed E-state index contributed by atoms with van der Waals surface area (Å²) in [5.74, 6) is -2.19. The molecule has 1 rings (SSSR count). The number of nitrogens with zero attached hydrogens (tertiary/aromatic N) is 1. The van der Waals surface area contributed by atoms with Crippen LogP contribution in [0.4, 0.5) is 0 Å². The van der Waals surface area contributed by atoms with E-state index in [1.807, 2.05) is 0 Å². The summed E-state index contributed by atoms with van der Waals surface area (Å²) in [4.78, 5) is 33.8. The predicted octanol–water partition coefficient (Wildman–Crippen LogP) is -0.525. The van der Waals surface area contributed by atoms with E-state index in [-0.39, 0.29) is 10.5 Å². The Balaban J connectivity index is 2.71. The predicted molar refractivity (Wildman–Crippen MR) is 89.0 cm³/mol. The normalized spacial score (nSPS) is 11.2. The number of benzene rings is 1. The number of amides is 2.